The van der Waals surface area contributed by atoms with E-state index in [-0.39, 0.29) is 29.3 Å². The van der Waals surface area contributed by atoms with Crippen LogP contribution in [0.15, 0.2) is 53.4 Å². The highest BCUT2D eigenvalue weighted by molar-refractivity contribution is 7.90. The highest BCUT2D eigenvalue weighted by Gasteiger charge is 2.40. The Labute approximate surface area is 164 Å². The fraction of sp³-hybridized carbons (Fsp3) is 0.300. The van der Waals surface area contributed by atoms with Crippen molar-refractivity contribution in [1.29, 1.82) is 0 Å². The molecule has 0 aromatic heterocycles. The summed E-state index contributed by atoms with van der Waals surface area (Å²) in [5.41, 5.74) is 1.27. The molecule has 0 atom stereocenters. The largest absolute Gasteiger partial charge is 0.497 e. The molecule has 0 saturated heterocycles. The molecule has 2 amide bonds. The number of hydrogen-bond donors (Lipinski definition) is 1. The molecule has 0 saturated carbocycles. The van der Waals surface area contributed by atoms with Gasteiger partial charge in [-0.05, 0) is 42.7 Å². The van der Waals surface area contributed by atoms with Gasteiger partial charge in [0.1, 0.15) is 10.6 Å². The van der Waals surface area contributed by atoms with Gasteiger partial charge in [0.25, 0.3) is 15.9 Å². The van der Waals surface area contributed by atoms with E-state index in [1.54, 1.807) is 19.2 Å². The van der Waals surface area contributed by atoms with E-state index in [9.17, 15) is 18.0 Å². The third kappa shape index (κ3) is 4.17. The van der Waals surface area contributed by atoms with Gasteiger partial charge in [-0.25, -0.2) is 12.7 Å². The summed E-state index contributed by atoms with van der Waals surface area (Å²) in [4.78, 5) is 24.3. The van der Waals surface area contributed by atoms with Gasteiger partial charge < -0.3 is 10.1 Å². The minimum absolute atomic E-state index is 0.00121. The number of rotatable bonds is 8. The molecule has 2 aromatic carbocycles. The number of aryl methyl sites for hydroxylation is 1. The summed E-state index contributed by atoms with van der Waals surface area (Å²) < 4.78 is 30.8. The van der Waals surface area contributed by atoms with E-state index in [4.69, 9.17) is 4.74 Å². The van der Waals surface area contributed by atoms with Gasteiger partial charge >= 0.3 is 0 Å². The molecule has 28 heavy (non-hydrogen) atoms. The van der Waals surface area contributed by atoms with Crippen LogP contribution in [0.2, 0.25) is 0 Å². The SMILES string of the molecule is COc1cccc(CCCNC(=O)CCN2C(=O)c3ccccc3S2(=O)=O)c1. The molecule has 1 N–H and O–H groups in total. The summed E-state index contributed by atoms with van der Waals surface area (Å²) >= 11 is 0. The van der Waals surface area contributed by atoms with E-state index in [0.717, 1.165) is 28.5 Å². The first kappa shape index (κ1) is 19.9. The molecule has 2 aromatic rings. The number of nitrogens with zero attached hydrogens (tertiary/aromatic N) is 1. The number of hydrogen-bond acceptors (Lipinski definition) is 5. The van der Waals surface area contributed by atoms with Gasteiger partial charge in [0.05, 0.1) is 12.7 Å². The summed E-state index contributed by atoms with van der Waals surface area (Å²) in [6.45, 7) is 0.300. The Hall–Kier alpha value is -2.87. The molecule has 3 rings (SSSR count). The molecule has 0 unspecified atom stereocenters. The van der Waals surface area contributed by atoms with E-state index >= 15 is 0 Å². The standard InChI is InChI=1S/C20H22N2O5S/c1-27-16-8-4-6-15(14-16)7-5-12-21-19(23)11-13-22-20(24)17-9-2-3-10-18(17)28(22,25)26/h2-4,6,8-10,14H,5,7,11-13H2,1H3,(H,21,23). The van der Waals surface area contributed by atoms with E-state index in [2.05, 4.69) is 5.32 Å². The molecular formula is C20H22N2O5S. The minimum atomic E-state index is -3.87. The monoisotopic (exact) mass is 402 g/mol. The first-order valence-corrected chi connectivity index (χ1v) is 10.4. The lowest BCUT2D eigenvalue weighted by Crippen LogP contribution is -2.35. The average Bonchev–Trinajstić information content (AvgIpc) is 2.90. The van der Waals surface area contributed by atoms with Crippen molar-refractivity contribution in [2.75, 3.05) is 20.2 Å². The van der Waals surface area contributed by atoms with Crippen LogP contribution in [0.3, 0.4) is 0 Å². The Morgan fingerprint density at radius 3 is 2.68 bits per heavy atom. The maximum Gasteiger partial charge on any atom is 0.269 e. The predicted molar refractivity (Wildman–Crippen MR) is 104 cm³/mol. The fourth-order valence-electron chi connectivity index (χ4n) is 3.09. The molecule has 1 aliphatic rings. The van der Waals surface area contributed by atoms with E-state index < -0.39 is 15.9 Å². The quantitative estimate of drug-likeness (QED) is 0.682. The number of methoxy groups -OCH3 is 1. The Morgan fingerprint density at radius 2 is 1.93 bits per heavy atom. The van der Waals surface area contributed by atoms with Crippen molar-refractivity contribution in [3.8, 4) is 5.75 Å². The second kappa shape index (κ2) is 8.43. The summed E-state index contributed by atoms with van der Waals surface area (Å²) in [6.07, 6.45) is 1.45. The zero-order chi connectivity index (χ0) is 20.1. The van der Waals surface area contributed by atoms with Gasteiger partial charge in [0.2, 0.25) is 5.91 Å². The van der Waals surface area contributed by atoms with Crippen LogP contribution >= 0.6 is 0 Å². The molecule has 0 radical (unpaired) electrons. The molecule has 8 heteroatoms. The molecule has 7 nitrogen and oxygen atoms in total. The number of fused-ring (bicyclic) bond motifs is 1. The number of carbonyl (C=O) groups excluding carboxylic acids is 2. The summed E-state index contributed by atoms with van der Waals surface area (Å²) in [6, 6.07) is 13.8. The van der Waals surface area contributed by atoms with Crippen LogP contribution in [0, 0.1) is 0 Å². The predicted octanol–water partition coefficient (Wildman–Crippen LogP) is 1.98. The number of ether oxygens (including phenoxy) is 1. The first-order valence-electron chi connectivity index (χ1n) is 8.99. The lowest BCUT2D eigenvalue weighted by molar-refractivity contribution is -0.121. The molecular weight excluding hydrogens is 380 g/mol. The minimum Gasteiger partial charge on any atom is -0.497 e. The highest BCUT2D eigenvalue weighted by Crippen LogP contribution is 2.29. The third-order valence-electron chi connectivity index (χ3n) is 4.55. The molecule has 1 heterocycles. The molecule has 0 aliphatic carbocycles. The third-order valence-corrected chi connectivity index (χ3v) is 6.39. The fourth-order valence-corrected chi connectivity index (χ4v) is 4.66. The molecule has 1 aliphatic heterocycles. The van der Waals surface area contributed by atoms with Crippen LogP contribution in [0.25, 0.3) is 0 Å². The van der Waals surface area contributed by atoms with Crippen LogP contribution in [0.1, 0.15) is 28.8 Å². The van der Waals surface area contributed by atoms with Crippen LogP contribution in [0.4, 0.5) is 0 Å². The molecule has 0 fully saturated rings. The number of sulfonamides is 1. The lowest BCUT2D eigenvalue weighted by Gasteiger charge is -2.14. The first-order chi connectivity index (χ1) is 13.4. The zero-order valence-corrected chi connectivity index (χ0v) is 16.4. The summed E-state index contributed by atoms with van der Waals surface area (Å²) in [5.74, 6) is -0.0787. The van der Waals surface area contributed by atoms with Crippen molar-refractivity contribution in [1.82, 2.24) is 9.62 Å². The van der Waals surface area contributed by atoms with Crippen LogP contribution in [0.5, 0.6) is 5.75 Å². The number of carbonyl (C=O) groups is 2. The van der Waals surface area contributed by atoms with Gasteiger partial charge in [-0.2, -0.15) is 0 Å². The smallest absolute Gasteiger partial charge is 0.269 e. The molecule has 148 valence electrons. The van der Waals surface area contributed by atoms with Crippen LogP contribution in [-0.2, 0) is 21.2 Å². The van der Waals surface area contributed by atoms with Gasteiger partial charge in [0.15, 0.2) is 0 Å². The molecule has 0 bridgehead atoms. The Morgan fingerprint density at radius 1 is 1.14 bits per heavy atom. The maximum atomic E-state index is 12.4. The topological polar surface area (TPSA) is 92.8 Å². The van der Waals surface area contributed by atoms with Crippen molar-refractivity contribution in [2.45, 2.75) is 24.2 Å². The van der Waals surface area contributed by atoms with Crippen molar-refractivity contribution in [3.05, 3.63) is 59.7 Å². The van der Waals surface area contributed by atoms with E-state index in [0.29, 0.717) is 6.54 Å². The number of nitrogens with one attached hydrogen (secondary N) is 1. The normalized spacial score (nSPS) is 14.6. The zero-order valence-electron chi connectivity index (χ0n) is 15.6. The highest BCUT2D eigenvalue weighted by atomic mass is 32.2. The van der Waals surface area contributed by atoms with Crippen molar-refractivity contribution < 1.29 is 22.7 Å². The second-order valence-corrected chi connectivity index (χ2v) is 8.26. The second-order valence-electron chi connectivity index (χ2n) is 6.43. The van der Waals surface area contributed by atoms with Gasteiger partial charge in [-0.1, -0.05) is 24.3 Å². The van der Waals surface area contributed by atoms with Crippen LogP contribution < -0.4 is 10.1 Å². The Balaban J connectivity index is 1.45. The average molecular weight is 402 g/mol. The van der Waals surface area contributed by atoms with Gasteiger partial charge in [-0.3, -0.25) is 9.59 Å². The number of amides is 2. The lowest BCUT2D eigenvalue weighted by atomic mass is 10.1. The van der Waals surface area contributed by atoms with Crippen molar-refractivity contribution in [2.24, 2.45) is 0 Å². The number of benzene rings is 2. The Bertz CT molecular complexity index is 988. The van der Waals surface area contributed by atoms with Gasteiger partial charge in [-0.15, -0.1) is 0 Å². The van der Waals surface area contributed by atoms with E-state index in [1.165, 1.54) is 12.1 Å². The Kier molecular flexibility index (Phi) is 5.99. The van der Waals surface area contributed by atoms with Crippen molar-refractivity contribution >= 4 is 21.8 Å². The van der Waals surface area contributed by atoms with Gasteiger partial charge in [0, 0.05) is 19.5 Å². The summed E-state index contributed by atoms with van der Waals surface area (Å²) in [5, 5.41) is 2.77. The van der Waals surface area contributed by atoms with Crippen LogP contribution in [-0.4, -0.2) is 44.7 Å². The van der Waals surface area contributed by atoms with E-state index in [1.807, 2.05) is 24.3 Å². The summed E-state index contributed by atoms with van der Waals surface area (Å²) in [7, 11) is -2.25. The molecule has 0 spiro atoms. The van der Waals surface area contributed by atoms with Crippen molar-refractivity contribution in [3.63, 3.8) is 0 Å². The maximum absolute atomic E-state index is 12.4.